The highest BCUT2D eigenvalue weighted by Crippen LogP contribution is 2.14. The lowest BCUT2D eigenvalue weighted by atomic mass is 10.2. The van der Waals surface area contributed by atoms with Gasteiger partial charge in [-0.1, -0.05) is 19.9 Å². The number of oxazole rings is 1. The minimum Gasteiger partial charge on any atom is -0.408 e. The van der Waals surface area contributed by atoms with E-state index in [1.807, 2.05) is 13.8 Å². The summed E-state index contributed by atoms with van der Waals surface area (Å²) in [4.78, 5) is 41.3. The molecule has 2 N–H and O–H groups in total. The van der Waals surface area contributed by atoms with Crippen LogP contribution in [0.3, 0.4) is 0 Å². The lowest BCUT2D eigenvalue weighted by molar-refractivity contribution is 0.0941. The highest BCUT2D eigenvalue weighted by Gasteiger charge is 2.18. The number of carbonyl (C=O) groups excluding carboxylic acids is 2. The Kier molecular flexibility index (Phi) is 5.28. The lowest BCUT2D eigenvalue weighted by Crippen LogP contribution is -2.30. The number of fused-ring (bicyclic) bond motifs is 2. The second-order valence-electron chi connectivity index (χ2n) is 7.64. The van der Waals surface area contributed by atoms with Gasteiger partial charge in [-0.3, -0.25) is 14.2 Å². The molecule has 160 valence electrons. The van der Waals surface area contributed by atoms with Crippen molar-refractivity contribution in [2.24, 2.45) is 13.0 Å². The zero-order valence-corrected chi connectivity index (χ0v) is 17.4. The van der Waals surface area contributed by atoms with Gasteiger partial charge in [-0.05, 0) is 23.6 Å². The average molecular weight is 422 g/mol. The molecule has 4 aromatic rings. The summed E-state index contributed by atoms with van der Waals surface area (Å²) in [6.45, 7) is 4.71. The van der Waals surface area contributed by atoms with Crippen molar-refractivity contribution in [2.45, 2.75) is 20.4 Å². The van der Waals surface area contributed by atoms with Crippen LogP contribution in [0.1, 0.15) is 40.4 Å². The van der Waals surface area contributed by atoms with Gasteiger partial charge in [0.05, 0.1) is 11.7 Å². The third kappa shape index (κ3) is 4.04. The number of carbonyl (C=O) groups is 2. The second kappa shape index (κ2) is 8.05. The van der Waals surface area contributed by atoms with Crippen LogP contribution in [0.4, 0.5) is 0 Å². The summed E-state index contributed by atoms with van der Waals surface area (Å²) in [5, 5.41) is 9.76. The molecule has 0 saturated carbocycles. The first-order valence-electron chi connectivity index (χ1n) is 9.83. The normalized spacial score (nSPS) is 11.4. The molecule has 0 aliphatic rings. The highest BCUT2D eigenvalue weighted by atomic mass is 16.4. The Balaban J connectivity index is 1.55. The number of benzene rings is 1. The van der Waals surface area contributed by atoms with Gasteiger partial charge in [-0.25, -0.2) is 14.3 Å². The molecule has 0 unspecified atom stereocenters. The van der Waals surface area contributed by atoms with E-state index in [1.165, 1.54) is 21.3 Å². The molecule has 3 heterocycles. The summed E-state index contributed by atoms with van der Waals surface area (Å²) >= 11 is 0. The van der Waals surface area contributed by atoms with Crippen LogP contribution in [-0.4, -0.2) is 37.5 Å². The van der Waals surface area contributed by atoms with Crippen LogP contribution in [0.2, 0.25) is 0 Å². The van der Waals surface area contributed by atoms with Gasteiger partial charge in [0.25, 0.3) is 11.8 Å². The van der Waals surface area contributed by atoms with Crippen LogP contribution in [0, 0.1) is 5.92 Å². The molecular weight excluding hydrogens is 400 g/mol. The van der Waals surface area contributed by atoms with Crippen molar-refractivity contribution in [1.82, 2.24) is 29.8 Å². The van der Waals surface area contributed by atoms with E-state index >= 15 is 0 Å². The Morgan fingerprint density at radius 2 is 1.94 bits per heavy atom. The molecule has 10 nitrogen and oxygen atoms in total. The standard InChI is InChI=1S/C21H22N6O4/c1-12(2)10-22-20(29)16-9-14(25-18-6-7-24-27(16)18)19(28)23-11-13-4-5-17-15(8-13)26(3)21(30)31-17/h4-9,12H,10-11H2,1-3H3,(H,22,29)(H,23,28). The van der Waals surface area contributed by atoms with Crippen LogP contribution < -0.4 is 16.4 Å². The van der Waals surface area contributed by atoms with Crippen LogP contribution in [0.25, 0.3) is 16.7 Å². The Bertz CT molecular complexity index is 1350. The molecule has 0 radical (unpaired) electrons. The van der Waals surface area contributed by atoms with E-state index < -0.39 is 11.7 Å². The molecule has 10 heteroatoms. The molecule has 0 bridgehead atoms. The first-order chi connectivity index (χ1) is 14.8. The Morgan fingerprint density at radius 3 is 2.71 bits per heavy atom. The molecule has 0 atom stereocenters. The molecule has 4 rings (SSSR count). The van der Waals surface area contributed by atoms with Gasteiger partial charge in [-0.2, -0.15) is 5.10 Å². The first-order valence-corrected chi connectivity index (χ1v) is 9.83. The quantitative estimate of drug-likeness (QED) is 0.485. The summed E-state index contributed by atoms with van der Waals surface area (Å²) in [5.74, 6) is -0.917. The predicted octanol–water partition coefficient (Wildman–Crippen LogP) is 1.49. The predicted molar refractivity (Wildman–Crippen MR) is 113 cm³/mol. The lowest BCUT2D eigenvalue weighted by Gasteiger charge is -2.11. The molecule has 0 aliphatic carbocycles. The summed E-state index contributed by atoms with van der Waals surface area (Å²) in [6.07, 6.45) is 1.52. The van der Waals surface area contributed by atoms with Crippen molar-refractivity contribution in [3.8, 4) is 0 Å². The van der Waals surface area contributed by atoms with Crippen molar-refractivity contribution in [2.75, 3.05) is 6.54 Å². The number of rotatable bonds is 6. The number of hydrogen-bond donors (Lipinski definition) is 2. The molecule has 3 aromatic heterocycles. The summed E-state index contributed by atoms with van der Waals surface area (Å²) in [6, 6.07) is 8.28. The molecular formula is C21H22N6O4. The first kappa shape index (κ1) is 20.3. The summed E-state index contributed by atoms with van der Waals surface area (Å²) in [5.41, 5.74) is 2.65. The second-order valence-corrected chi connectivity index (χ2v) is 7.64. The SMILES string of the molecule is CC(C)CNC(=O)c1cc(C(=O)NCc2ccc3oc(=O)n(C)c3c2)nc2ccnn12. The molecule has 0 fully saturated rings. The third-order valence-electron chi connectivity index (χ3n) is 4.80. The van der Waals surface area contributed by atoms with Gasteiger partial charge >= 0.3 is 5.76 Å². The van der Waals surface area contributed by atoms with E-state index in [9.17, 15) is 14.4 Å². The van der Waals surface area contributed by atoms with Gasteiger partial charge in [0.15, 0.2) is 11.2 Å². The molecule has 2 amide bonds. The number of nitrogens with zero attached hydrogens (tertiary/aromatic N) is 4. The van der Waals surface area contributed by atoms with E-state index in [-0.39, 0.29) is 29.8 Å². The third-order valence-corrected chi connectivity index (χ3v) is 4.80. The smallest absolute Gasteiger partial charge is 0.408 e. The van der Waals surface area contributed by atoms with E-state index in [0.717, 1.165) is 5.56 Å². The summed E-state index contributed by atoms with van der Waals surface area (Å²) in [7, 11) is 1.62. The Labute approximate surface area is 176 Å². The molecule has 31 heavy (non-hydrogen) atoms. The monoisotopic (exact) mass is 422 g/mol. The van der Waals surface area contributed by atoms with Gasteiger partial charge in [0, 0.05) is 32.3 Å². The van der Waals surface area contributed by atoms with Crippen molar-refractivity contribution in [3.63, 3.8) is 0 Å². The number of aryl methyl sites for hydroxylation is 1. The van der Waals surface area contributed by atoms with Crippen molar-refractivity contribution in [3.05, 3.63) is 64.0 Å². The van der Waals surface area contributed by atoms with Gasteiger partial charge < -0.3 is 15.1 Å². The van der Waals surface area contributed by atoms with E-state index in [1.54, 1.807) is 31.3 Å². The average Bonchev–Trinajstić information content (AvgIpc) is 3.34. The van der Waals surface area contributed by atoms with Crippen molar-refractivity contribution >= 4 is 28.6 Å². The Hall–Kier alpha value is -3.95. The van der Waals surface area contributed by atoms with E-state index in [4.69, 9.17) is 4.42 Å². The largest absolute Gasteiger partial charge is 0.419 e. The van der Waals surface area contributed by atoms with Crippen LogP contribution in [0.15, 0.2) is 45.7 Å². The highest BCUT2D eigenvalue weighted by molar-refractivity contribution is 5.98. The fourth-order valence-corrected chi connectivity index (χ4v) is 3.13. The van der Waals surface area contributed by atoms with Crippen LogP contribution in [0.5, 0.6) is 0 Å². The summed E-state index contributed by atoms with van der Waals surface area (Å²) < 4.78 is 7.92. The molecule has 0 saturated heterocycles. The maximum Gasteiger partial charge on any atom is 0.419 e. The molecule has 0 spiro atoms. The molecule has 1 aromatic carbocycles. The van der Waals surface area contributed by atoms with Gasteiger partial charge in [0.2, 0.25) is 0 Å². The van der Waals surface area contributed by atoms with Crippen LogP contribution in [-0.2, 0) is 13.6 Å². The van der Waals surface area contributed by atoms with E-state index in [2.05, 4.69) is 20.7 Å². The van der Waals surface area contributed by atoms with Crippen LogP contribution >= 0.6 is 0 Å². The van der Waals surface area contributed by atoms with Crippen molar-refractivity contribution < 1.29 is 14.0 Å². The number of nitrogens with one attached hydrogen (secondary N) is 2. The van der Waals surface area contributed by atoms with Gasteiger partial charge in [0.1, 0.15) is 11.4 Å². The maximum absolute atomic E-state index is 12.8. The van der Waals surface area contributed by atoms with Gasteiger partial charge in [-0.15, -0.1) is 0 Å². The van der Waals surface area contributed by atoms with E-state index in [0.29, 0.717) is 23.3 Å². The topological polar surface area (TPSA) is 124 Å². The van der Waals surface area contributed by atoms with Crippen molar-refractivity contribution in [1.29, 1.82) is 0 Å². The minimum absolute atomic E-state index is 0.111. The fourth-order valence-electron chi connectivity index (χ4n) is 3.13. The maximum atomic E-state index is 12.8. The number of amides is 2. The number of aromatic nitrogens is 4. The zero-order valence-electron chi connectivity index (χ0n) is 17.4. The Morgan fingerprint density at radius 1 is 1.13 bits per heavy atom. The molecule has 0 aliphatic heterocycles. The zero-order chi connectivity index (χ0) is 22.1. The number of hydrogen-bond acceptors (Lipinski definition) is 6. The minimum atomic E-state index is -0.447. The fraction of sp³-hybridized carbons (Fsp3) is 0.286.